The van der Waals surface area contributed by atoms with Crippen molar-refractivity contribution in [2.24, 2.45) is 5.73 Å². The molecule has 1 rings (SSSR count). The van der Waals surface area contributed by atoms with Crippen LogP contribution in [0.4, 0.5) is 4.79 Å². The normalized spacial score (nSPS) is 12.6. The summed E-state index contributed by atoms with van der Waals surface area (Å²) in [4.78, 5) is 34.3. The summed E-state index contributed by atoms with van der Waals surface area (Å²) in [5, 5.41) is 9.53. The van der Waals surface area contributed by atoms with Gasteiger partial charge >= 0.3 is 6.09 Å². The Hall–Kier alpha value is -2.45. The van der Waals surface area contributed by atoms with Crippen molar-refractivity contribution >= 4 is 17.8 Å². The third-order valence-corrected chi connectivity index (χ3v) is 2.33. The zero-order valence-corrected chi connectivity index (χ0v) is 12.4. The zero-order chi connectivity index (χ0) is 16.2. The number of ketones is 1. The number of rotatable bonds is 5. The van der Waals surface area contributed by atoms with Crippen molar-refractivity contribution in [2.75, 3.05) is 0 Å². The van der Waals surface area contributed by atoms with Crippen molar-refractivity contribution < 1.29 is 19.1 Å². The molecule has 1 heterocycles. The molecule has 3 N–H and O–H groups in total. The Labute approximate surface area is 121 Å². The number of amides is 2. The van der Waals surface area contributed by atoms with Crippen molar-refractivity contribution in [3.8, 4) is 0 Å². The summed E-state index contributed by atoms with van der Waals surface area (Å²) in [5.74, 6) is -1.05. The SMILES string of the molecule is CC(NC(=O)OC(C)(C)C)C(=O)Cn1cc(C(N)=O)nn1. The Bertz CT molecular complexity index is 546. The van der Waals surface area contributed by atoms with Crippen LogP contribution in [0.15, 0.2) is 6.20 Å². The molecular weight excluding hydrogens is 278 g/mol. The molecule has 1 aromatic heterocycles. The van der Waals surface area contributed by atoms with E-state index in [1.807, 2.05) is 0 Å². The number of nitrogens with zero attached hydrogens (tertiary/aromatic N) is 3. The molecule has 0 saturated heterocycles. The number of carbonyl (C=O) groups is 3. The van der Waals surface area contributed by atoms with Gasteiger partial charge in [0.25, 0.3) is 5.91 Å². The minimum absolute atomic E-state index is 0.0319. The van der Waals surface area contributed by atoms with Crippen molar-refractivity contribution in [2.45, 2.75) is 45.9 Å². The van der Waals surface area contributed by atoms with E-state index in [1.165, 1.54) is 17.8 Å². The van der Waals surface area contributed by atoms with Crippen molar-refractivity contribution in [3.05, 3.63) is 11.9 Å². The van der Waals surface area contributed by atoms with Crippen LogP contribution in [0.5, 0.6) is 0 Å². The molecule has 1 atom stereocenters. The third kappa shape index (κ3) is 5.59. The lowest BCUT2D eigenvalue weighted by molar-refractivity contribution is -0.121. The van der Waals surface area contributed by atoms with Gasteiger partial charge in [-0.2, -0.15) is 0 Å². The molecule has 0 bridgehead atoms. The molecule has 1 aromatic rings. The van der Waals surface area contributed by atoms with Gasteiger partial charge in [-0.1, -0.05) is 5.21 Å². The Morgan fingerprint density at radius 3 is 2.52 bits per heavy atom. The quantitative estimate of drug-likeness (QED) is 0.778. The van der Waals surface area contributed by atoms with E-state index >= 15 is 0 Å². The molecule has 0 aliphatic heterocycles. The molecule has 0 aromatic carbocycles. The summed E-state index contributed by atoms with van der Waals surface area (Å²) in [6, 6.07) is -0.763. The first-order valence-electron chi connectivity index (χ1n) is 6.30. The van der Waals surface area contributed by atoms with Gasteiger partial charge in [0.2, 0.25) is 0 Å². The average Bonchev–Trinajstić information content (AvgIpc) is 2.74. The number of primary amides is 1. The smallest absolute Gasteiger partial charge is 0.408 e. The second-order valence-corrected chi connectivity index (χ2v) is 5.50. The van der Waals surface area contributed by atoms with Gasteiger partial charge in [-0.25, -0.2) is 9.48 Å². The molecule has 0 spiro atoms. The maximum Gasteiger partial charge on any atom is 0.408 e. The molecule has 0 aliphatic rings. The number of hydrogen-bond donors (Lipinski definition) is 2. The summed E-state index contributed by atoms with van der Waals surface area (Å²) in [5.41, 5.74) is 4.35. The standard InChI is InChI=1S/C12H19N5O4/c1-7(14-11(20)21-12(2,3)4)9(18)6-17-5-8(10(13)19)15-16-17/h5,7H,6H2,1-4H3,(H2,13,19)(H,14,20). The van der Waals surface area contributed by atoms with Gasteiger partial charge in [0.15, 0.2) is 11.5 Å². The number of nitrogens with two attached hydrogens (primary N) is 1. The van der Waals surface area contributed by atoms with E-state index in [0.717, 1.165) is 0 Å². The lowest BCUT2D eigenvalue weighted by Gasteiger charge is -2.21. The van der Waals surface area contributed by atoms with Gasteiger partial charge in [0.05, 0.1) is 12.2 Å². The van der Waals surface area contributed by atoms with Crippen molar-refractivity contribution in [1.82, 2.24) is 20.3 Å². The molecule has 1 unspecified atom stereocenters. The van der Waals surface area contributed by atoms with Crippen molar-refractivity contribution in [1.29, 1.82) is 0 Å². The van der Waals surface area contributed by atoms with Gasteiger partial charge in [-0.05, 0) is 27.7 Å². The highest BCUT2D eigenvalue weighted by atomic mass is 16.6. The molecule has 9 nitrogen and oxygen atoms in total. The zero-order valence-electron chi connectivity index (χ0n) is 12.4. The lowest BCUT2D eigenvalue weighted by Crippen LogP contribution is -2.42. The molecular formula is C12H19N5O4. The number of ether oxygens (including phenoxy) is 1. The van der Waals surface area contributed by atoms with Gasteiger partial charge in [0.1, 0.15) is 12.1 Å². The first-order chi connectivity index (χ1) is 9.58. The second kappa shape index (κ2) is 6.33. The van der Waals surface area contributed by atoms with Gasteiger partial charge in [0, 0.05) is 0 Å². The molecule has 0 saturated carbocycles. The molecule has 0 radical (unpaired) electrons. The molecule has 0 fully saturated rings. The minimum Gasteiger partial charge on any atom is -0.444 e. The van der Waals surface area contributed by atoms with E-state index in [0.29, 0.717) is 0 Å². The van der Waals surface area contributed by atoms with E-state index < -0.39 is 23.6 Å². The van der Waals surface area contributed by atoms with Crippen LogP contribution in [0.3, 0.4) is 0 Å². The van der Waals surface area contributed by atoms with Crippen LogP contribution < -0.4 is 11.1 Å². The fourth-order valence-electron chi connectivity index (χ4n) is 1.35. The number of aromatic nitrogens is 3. The van der Waals surface area contributed by atoms with E-state index in [2.05, 4.69) is 15.6 Å². The summed E-state index contributed by atoms with van der Waals surface area (Å²) >= 11 is 0. The van der Waals surface area contributed by atoms with Crippen molar-refractivity contribution in [3.63, 3.8) is 0 Å². The van der Waals surface area contributed by atoms with Crippen LogP contribution in [0.2, 0.25) is 0 Å². The Kier molecular flexibility index (Phi) is 5.01. The fraction of sp³-hybridized carbons (Fsp3) is 0.583. The summed E-state index contributed by atoms with van der Waals surface area (Å²) in [6.45, 7) is 6.55. The minimum atomic E-state index is -0.763. The van der Waals surface area contributed by atoms with Gasteiger partial charge in [-0.3, -0.25) is 9.59 Å². The van der Waals surface area contributed by atoms with Gasteiger partial charge < -0.3 is 15.8 Å². The third-order valence-electron chi connectivity index (χ3n) is 2.33. The number of hydrogen-bond acceptors (Lipinski definition) is 6. The Morgan fingerprint density at radius 2 is 2.05 bits per heavy atom. The lowest BCUT2D eigenvalue weighted by atomic mass is 10.2. The highest BCUT2D eigenvalue weighted by Crippen LogP contribution is 2.06. The molecule has 9 heteroatoms. The van der Waals surface area contributed by atoms with E-state index in [1.54, 1.807) is 20.8 Å². The maximum absolute atomic E-state index is 11.9. The highest BCUT2D eigenvalue weighted by molar-refractivity contribution is 5.90. The molecule has 0 aliphatic carbocycles. The largest absolute Gasteiger partial charge is 0.444 e. The summed E-state index contributed by atoms with van der Waals surface area (Å²) in [7, 11) is 0. The predicted molar refractivity (Wildman–Crippen MR) is 72.4 cm³/mol. The fourth-order valence-corrected chi connectivity index (χ4v) is 1.35. The number of Topliss-reactive ketones (excluding diaryl/α,β-unsaturated/α-hetero) is 1. The summed E-state index contributed by atoms with van der Waals surface area (Å²) in [6.07, 6.45) is 0.584. The Balaban J connectivity index is 2.54. The molecule has 21 heavy (non-hydrogen) atoms. The number of nitrogens with one attached hydrogen (secondary N) is 1. The van der Waals surface area contributed by atoms with E-state index in [9.17, 15) is 14.4 Å². The van der Waals surface area contributed by atoms with Crippen LogP contribution in [0.25, 0.3) is 0 Å². The van der Waals surface area contributed by atoms with Crippen LogP contribution in [-0.4, -0.2) is 44.4 Å². The van der Waals surface area contributed by atoms with E-state index in [4.69, 9.17) is 10.5 Å². The average molecular weight is 297 g/mol. The number of carbonyl (C=O) groups excluding carboxylic acids is 3. The van der Waals surface area contributed by atoms with Crippen LogP contribution in [0.1, 0.15) is 38.2 Å². The second-order valence-electron chi connectivity index (χ2n) is 5.50. The van der Waals surface area contributed by atoms with Crippen LogP contribution >= 0.6 is 0 Å². The topological polar surface area (TPSA) is 129 Å². The number of alkyl carbamates (subject to hydrolysis) is 1. The van der Waals surface area contributed by atoms with Gasteiger partial charge in [-0.15, -0.1) is 5.10 Å². The Morgan fingerprint density at radius 1 is 1.43 bits per heavy atom. The molecule has 2 amide bonds. The summed E-state index contributed by atoms with van der Waals surface area (Å²) < 4.78 is 6.22. The van der Waals surface area contributed by atoms with Crippen LogP contribution in [-0.2, 0) is 16.1 Å². The van der Waals surface area contributed by atoms with Crippen LogP contribution in [0, 0.1) is 0 Å². The first-order valence-corrected chi connectivity index (χ1v) is 6.30. The monoisotopic (exact) mass is 297 g/mol. The molecule has 116 valence electrons. The first kappa shape index (κ1) is 16.6. The highest BCUT2D eigenvalue weighted by Gasteiger charge is 2.21. The predicted octanol–water partition coefficient (Wildman–Crippen LogP) is -0.141. The van der Waals surface area contributed by atoms with E-state index in [-0.39, 0.29) is 18.0 Å². The maximum atomic E-state index is 11.9.